The Bertz CT molecular complexity index is 1050. The van der Waals surface area contributed by atoms with Crippen molar-refractivity contribution in [3.63, 3.8) is 0 Å². The van der Waals surface area contributed by atoms with Crippen molar-refractivity contribution >= 4 is 5.91 Å². The molecule has 3 aromatic rings. The fourth-order valence-corrected chi connectivity index (χ4v) is 3.70. The molecule has 1 amide bonds. The van der Waals surface area contributed by atoms with Gasteiger partial charge in [0.05, 0.1) is 11.1 Å². The van der Waals surface area contributed by atoms with Crippen LogP contribution in [0.2, 0.25) is 0 Å². The number of halogens is 4. The van der Waals surface area contributed by atoms with Crippen molar-refractivity contribution in [1.82, 2.24) is 15.1 Å². The first-order valence-corrected chi connectivity index (χ1v) is 9.54. The van der Waals surface area contributed by atoms with Crippen LogP contribution >= 0.6 is 0 Å². The van der Waals surface area contributed by atoms with E-state index >= 15 is 0 Å². The van der Waals surface area contributed by atoms with Crippen LogP contribution in [0.3, 0.4) is 0 Å². The predicted molar refractivity (Wildman–Crippen MR) is 102 cm³/mol. The van der Waals surface area contributed by atoms with Crippen molar-refractivity contribution in [2.75, 3.05) is 0 Å². The molecule has 1 aromatic heterocycles. The van der Waals surface area contributed by atoms with Gasteiger partial charge in [-0.2, -0.15) is 18.3 Å². The molecule has 1 N–H and O–H groups in total. The first-order valence-electron chi connectivity index (χ1n) is 9.54. The van der Waals surface area contributed by atoms with Crippen LogP contribution in [0.1, 0.15) is 36.1 Å². The molecule has 0 saturated heterocycles. The number of alkyl halides is 3. The van der Waals surface area contributed by atoms with Crippen molar-refractivity contribution in [1.29, 1.82) is 0 Å². The third-order valence-corrected chi connectivity index (χ3v) is 5.55. The zero-order valence-corrected chi connectivity index (χ0v) is 15.9. The predicted octanol–water partition coefficient (Wildman–Crippen LogP) is 4.77. The molecule has 1 aliphatic rings. The summed E-state index contributed by atoms with van der Waals surface area (Å²) >= 11 is 0. The smallest absolute Gasteiger partial charge is 0.351 e. The van der Waals surface area contributed by atoms with Gasteiger partial charge in [-0.1, -0.05) is 30.7 Å². The molecule has 1 aliphatic carbocycles. The zero-order valence-electron chi connectivity index (χ0n) is 15.9. The van der Waals surface area contributed by atoms with Gasteiger partial charge in [-0.25, -0.2) is 9.07 Å². The summed E-state index contributed by atoms with van der Waals surface area (Å²) in [6.07, 6.45) is -1.000. The third-order valence-electron chi connectivity index (χ3n) is 5.55. The Labute approximate surface area is 170 Å². The Kier molecular flexibility index (Phi) is 5.09. The van der Waals surface area contributed by atoms with Gasteiger partial charge in [0.2, 0.25) is 5.91 Å². The van der Waals surface area contributed by atoms with Crippen molar-refractivity contribution < 1.29 is 22.4 Å². The normalized spacial score (nSPS) is 15.5. The van der Waals surface area contributed by atoms with Crippen LogP contribution in [0, 0.1) is 5.82 Å². The molecule has 30 heavy (non-hydrogen) atoms. The van der Waals surface area contributed by atoms with E-state index in [1.807, 2.05) is 0 Å². The van der Waals surface area contributed by atoms with Gasteiger partial charge in [-0.05, 0) is 54.3 Å². The van der Waals surface area contributed by atoms with Crippen molar-refractivity contribution in [2.45, 2.75) is 37.4 Å². The number of carbonyl (C=O) groups excluding carboxylic acids is 1. The molecule has 0 bridgehead atoms. The molecule has 0 spiro atoms. The molecule has 1 fully saturated rings. The molecule has 0 radical (unpaired) electrons. The van der Waals surface area contributed by atoms with Gasteiger partial charge in [0, 0.05) is 12.7 Å². The summed E-state index contributed by atoms with van der Waals surface area (Å²) in [5.41, 5.74) is 0.299. The molecule has 1 saturated carbocycles. The minimum Gasteiger partial charge on any atom is -0.351 e. The van der Waals surface area contributed by atoms with Crippen LogP contribution in [-0.2, 0) is 22.9 Å². The molecule has 156 valence electrons. The quantitative estimate of drug-likeness (QED) is 0.608. The summed E-state index contributed by atoms with van der Waals surface area (Å²) in [5.74, 6) is -0.514. The number of rotatable bonds is 5. The highest BCUT2D eigenvalue weighted by Crippen LogP contribution is 2.44. The maximum Gasteiger partial charge on any atom is 0.435 e. The second-order valence-electron chi connectivity index (χ2n) is 7.44. The van der Waals surface area contributed by atoms with Crippen LogP contribution in [0.4, 0.5) is 17.6 Å². The number of benzene rings is 2. The average molecular weight is 417 g/mol. The number of aromatic nitrogens is 2. The fraction of sp³-hybridized carbons (Fsp3) is 0.273. The highest BCUT2D eigenvalue weighted by atomic mass is 19.4. The molecule has 4 nitrogen and oxygen atoms in total. The summed E-state index contributed by atoms with van der Waals surface area (Å²) in [6, 6.07) is 13.8. The van der Waals surface area contributed by atoms with E-state index in [0.29, 0.717) is 24.1 Å². The van der Waals surface area contributed by atoms with Gasteiger partial charge >= 0.3 is 6.18 Å². The van der Waals surface area contributed by atoms with E-state index in [0.717, 1.165) is 22.7 Å². The summed E-state index contributed by atoms with van der Waals surface area (Å²) in [6.45, 7) is 0.267. The van der Waals surface area contributed by atoms with Gasteiger partial charge in [-0.3, -0.25) is 4.79 Å². The number of amides is 1. The highest BCUT2D eigenvalue weighted by Gasteiger charge is 2.45. The molecule has 1 heterocycles. The van der Waals surface area contributed by atoms with Gasteiger partial charge in [-0.15, -0.1) is 0 Å². The van der Waals surface area contributed by atoms with Gasteiger partial charge in [0.1, 0.15) is 5.82 Å². The Morgan fingerprint density at radius 2 is 1.83 bits per heavy atom. The third kappa shape index (κ3) is 3.81. The van der Waals surface area contributed by atoms with E-state index in [4.69, 9.17) is 0 Å². The zero-order chi connectivity index (χ0) is 21.4. The molecule has 4 rings (SSSR count). The van der Waals surface area contributed by atoms with E-state index < -0.39 is 17.3 Å². The number of carbonyl (C=O) groups is 1. The topological polar surface area (TPSA) is 46.9 Å². The standard InChI is InChI=1S/C22H19F4N3O/c23-17-4-1-3-16(13-17)21(10-2-11-21)20(30)27-14-15-5-7-18(8-6-15)29-12-9-19(28-29)22(24,25)26/h1,3-9,12-13H,2,10-11,14H2,(H,27,30). The van der Waals surface area contributed by atoms with Crippen molar-refractivity contribution in [3.05, 3.63) is 83.4 Å². The van der Waals surface area contributed by atoms with E-state index in [1.54, 1.807) is 36.4 Å². The second kappa shape index (κ2) is 7.59. The molecule has 0 aliphatic heterocycles. The second-order valence-corrected chi connectivity index (χ2v) is 7.44. The Hall–Kier alpha value is -3.16. The largest absolute Gasteiger partial charge is 0.435 e. The fourth-order valence-electron chi connectivity index (χ4n) is 3.70. The van der Waals surface area contributed by atoms with Crippen LogP contribution in [0.15, 0.2) is 60.8 Å². The van der Waals surface area contributed by atoms with Crippen molar-refractivity contribution in [3.8, 4) is 5.69 Å². The average Bonchev–Trinajstić information content (AvgIpc) is 3.17. The van der Waals surface area contributed by atoms with E-state index in [2.05, 4.69) is 10.4 Å². The van der Waals surface area contributed by atoms with Gasteiger partial charge in [0.15, 0.2) is 5.69 Å². The molecular formula is C22H19F4N3O. The molecule has 2 aromatic carbocycles. The van der Waals surface area contributed by atoms with Gasteiger partial charge in [0.25, 0.3) is 0 Å². The van der Waals surface area contributed by atoms with E-state index in [1.165, 1.54) is 18.3 Å². The summed E-state index contributed by atoms with van der Waals surface area (Å²) < 4.78 is 52.9. The van der Waals surface area contributed by atoms with E-state index in [9.17, 15) is 22.4 Å². The lowest BCUT2D eigenvalue weighted by atomic mass is 9.64. The molecule has 0 atom stereocenters. The Balaban J connectivity index is 1.43. The lowest BCUT2D eigenvalue weighted by molar-refractivity contribution is -0.141. The first kappa shape index (κ1) is 20.1. The maximum atomic E-state index is 13.6. The molecule has 0 unspecified atom stereocenters. The van der Waals surface area contributed by atoms with Gasteiger partial charge < -0.3 is 5.32 Å². The lowest BCUT2D eigenvalue weighted by Gasteiger charge is -2.40. The first-order chi connectivity index (χ1) is 14.3. The number of nitrogens with one attached hydrogen (secondary N) is 1. The number of hydrogen-bond acceptors (Lipinski definition) is 2. The minimum atomic E-state index is -4.49. The minimum absolute atomic E-state index is 0.148. The van der Waals surface area contributed by atoms with Crippen molar-refractivity contribution in [2.24, 2.45) is 0 Å². The SMILES string of the molecule is O=C(NCc1ccc(-n2ccc(C(F)(F)F)n2)cc1)C1(c2cccc(F)c2)CCC1. The van der Waals surface area contributed by atoms with Crippen LogP contribution in [0.5, 0.6) is 0 Å². The Morgan fingerprint density at radius 3 is 2.40 bits per heavy atom. The summed E-state index contributed by atoms with van der Waals surface area (Å²) in [5, 5.41) is 6.45. The van der Waals surface area contributed by atoms with E-state index in [-0.39, 0.29) is 18.3 Å². The number of nitrogens with zero attached hydrogens (tertiary/aromatic N) is 2. The lowest BCUT2D eigenvalue weighted by Crippen LogP contribution is -2.49. The molecular weight excluding hydrogens is 398 g/mol. The summed E-state index contributed by atoms with van der Waals surface area (Å²) in [4.78, 5) is 12.9. The van der Waals surface area contributed by atoms with Crippen LogP contribution in [-0.4, -0.2) is 15.7 Å². The monoisotopic (exact) mass is 417 g/mol. The highest BCUT2D eigenvalue weighted by molar-refractivity contribution is 5.89. The molecule has 8 heteroatoms. The van der Waals surface area contributed by atoms with Crippen LogP contribution in [0.25, 0.3) is 5.69 Å². The van der Waals surface area contributed by atoms with Crippen LogP contribution < -0.4 is 5.32 Å². The number of hydrogen-bond donors (Lipinski definition) is 1. The maximum absolute atomic E-state index is 13.6. The Morgan fingerprint density at radius 1 is 1.10 bits per heavy atom. The summed E-state index contributed by atoms with van der Waals surface area (Å²) in [7, 11) is 0.